The van der Waals surface area contributed by atoms with E-state index in [1.54, 1.807) is 0 Å². The van der Waals surface area contributed by atoms with Gasteiger partial charge in [-0.05, 0) is 11.6 Å². The minimum atomic E-state index is 0.170. The van der Waals surface area contributed by atoms with Gasteiger partial charge in [0.25, 0.3) is 5.95 Å². The number of nitrogens with zero attached hydrogens (tertiary/aromatic N) is 2. The predicted molar refractivity (Wildman–Crippen MR) is 42.1 cm³/mol. The third kappa shape index (κ3) is 2.45. The summed E-state index contributed by atoms with van der Waals surface area (Å²) in [6.45, 7) is 2.96. The second-order valence-electron chi connectivity index (χ2n) is 2.24. The molecule has 1 heterocycles. The lowest BCUT2D eigenvalue weighted by molar-refractivity contribution is 0.432. The molecule has 0 saturated carbocycles. The highest BCUT2D eigenvalue weighted by atomic mass is 16.5. The van der Waals surface area contributed by atoms with Crippen molar-refractivity contribution in [3.63, 3.8) is 0 Å². The number of nitrogen functional groups attached to an aromatic ring is 1. The van der Waals surface area contributed by atoms with Crippen molar-refractivity contribution < 1.29 is 4.52 Å². The second kappa shape index (κ2) is 3.80. The van der Waals surface area contributed by atoms with Crippen LogP contribution in [0.1, 0.15) is 19.8 Å². The quantitative estimate of drug-likeness (QED) is 0.632. The van der Waals surface area contributed by atoms with Crippen molar-refractivity contribution in [2.24, 2.45) is 0 Å². The summed E-state index contributed by atoms with van der Waals surface area (Å²) in [4.78, 5) is 3.77. The Bertz CT molecular complexity index is 210. The van der Waals surface area contributed by atoms with Gasteiger partial charge in [-0.25, -0.2) is 0 Å². The summed E-state index contributed by atoms with van der Waals surface area (Å²) in [5, 5.41) is 6.37. The van der Waals surface area contributed by atoms with Crippen molar-refractivity contribution in [3.05, 3.63) is 0 Å². The summed E-state index contributed by atoms with van der Waals surface area (Å²) in [6, 6.07) is 0.399. The van der Waals surface area contributed by atoms with E-state index in [4.69, 9.17) is 10.3 Å². The first-order chi connectivity index (χ1) is 5.33. The Morgan fingerprint density at radius 3 is 3.00 bits per heavy atom. The minimum absolute atomic E-state index is 0.170. The Balaban J connectivity index is 2.27. The zero-order valence-corrected chi connectivity index (χ0v) is 6.50. The first-order valence-corrected chi connectivity index (χ1v) is 3.66. The average Bonchev–Trinajstić information content (AvgIpc) is 2.37. The Hall–Kier alpha value is -1.26. The van der Waals surface area contributed by atoms with Gasteiger partial charge in [0.1, 0.15) is 0 Å². The molecule has 0 radical (unpaired) electrons. The summed E-state index contributed by atoms with van der Waals surface area (Å²) in [6.07, 6.45) is 2.22. The van der Waals surface area contributed by atoms with Gasteiger partial charge in [-0.3, -0.25) is 0 Å². The maximum atomic E-state index is 5.23. The van der Waals surface area contributed by atoms with E-state index in [0.29, 0.717) is 6.01 Å². The van der Waals surface area contributed by atoms with Gasteiger partial charge in [0.05, 0.1) is 0 Å². The summed E-state index contributed by atoms with van der Waals surface area (Å²) in [5.41, 5.74) is 5.23. The van der Waals surface area contributed by atoms with Crippen LogP contribution in [0, 0.1) is 0 Å². The van der Waals surface area contributed by atoms with Crippen molar-refractivity contribution >= 4 is 12.0 Å². The molecule has 0 aliphatic rings. The number of hydrogen-bond donors (Lipinski definition) is 2. The van der Waals surface area contributed by atoms with Gasteiger partial charge in [0, 0.05) is 6.54 Å². The lowest BCUT2D eigenvalue weighted by Gasteiger charge is -1.95. The van der Waals surface area contributed by atoms with Crippen LogP contribution in [0.15, 0.2) is 4.52 Å². The highest BCUT2D eigenvalue weighted by molar-refractivity contribution is 5.25. The maximum absolute atomic E-state index is 5.23. The molecular weight excluding hydrogens is 144 g/mol. The van der Waals surface area contributed by atoms with E-state index in [1.807, 2.05) is 0 Å². The number of nitrogens with one attached hydrogen (secondary N) is 1. The van der Waals surface area contributed by atoms with Gasteiger partial charge in [-0.2, -0.15) is 4.98 Å². The fourth-order valence-corrected chi connectivity index (χ4v) is 0.679. The van der Waals surface area contributed by atoms with Crippen LogP contribution in [-0.4, -0.2) is 16.7 Å². The summed E-state index contributed by atoms with van der Waals surface area (Å²) >= 11 is 0. The van der Waals surface area contributed by atoms with Crippen LogP contribution >= 0.6 is 0 Å². The number of unbranched alkanes of at least 4 members (excludes halogenated alkanes) is 1. The summed E-state index contributed by atoms with van der Waals surface area (Å²) < 4.78 is 4.71. The molecular formula is C6H12N4O. The smallest absolute Gasteiger partial charge is 0.323 e. The number of anilines is 2. The first kappa shape index (κ1) is 7.84. The molecule has 0 aliphatic carbocycles. The minimum Gasteiger partial charge on any atom is -0.365 e. The Labute approximate surface area is 65.0 Å². The molecule has 62 valence electrons. The third-order valence-electron chi connectivity index (χ3n) is 1.25. The Morgan fingerprint density at radius 2 is 2.45 bits per heavy atom. The summed E-state index contributed by atoms with van der Waals surface area (Å²) in [7, 11) is 0. The molecule has 0 fully saturated rings. The standard InChI is InChI=1S/C6H12N4O/c1-2-3-4-8-6-9-5(7)10-11-6/h2-4H2,1H3,(H3,7,8,9,10). The highest BCUT2D eigenvalue weighted by Gasteiger charge is 1.99. The lowest BCUT2D eigenvalue weighted by atomic mass is 10.3. The van der Waals surface area contributed by atoms with Gasteiger partial charge in [-0.15, -0.1) is 0 Å². The Kier molecular flexibility index (Phi) is 2.71. The molecule has 0 aromatic carbocycles. The highest BCUT2D eigenvalue weighted by Crippen LogP contribution is 2.03. The van der Waals surface area contributed by atoms with Crippen LogP contribution in [0.5, 0.6) is 0 Å². The largest absolute Gasteiger partial charge is 0.365 e. The Morgan fingerprint density at radius 1 is 1.64 bits per heavy atom. The second-order valence-corrected chi connectivity index (χ2v) is 2.24. The molecule has 0 amide bonds. The molecule has 0 spiro atoms. The predicted octanol–water partition coefficient (Wildman–Crippen LogP) is 0.864. The van der Waals surface area contributed by atoms with E-state index in [1.165, 1.54) is 0 Å². The number of aromatic nitrogens is 2. The molecule has 3 N–H and O–H groups in total. The molecule has 0 unspecified atom stereocenters. The van der Waals surface area contributed by atoms with E-state index in [0.717, 1.165) is 19.4 Å². The zero-order valence-electron chi connectivity index (χ0n) is 6.50. The van der Waals surface area contributed by atoms with Gasteiger partial charge < -0.3 is 15.6 Å². The topological polar surface area (TPSA) is 77.0 Å². The van der Waals surface area contributed by atoms with Crippen LogP contribution in [0.3, 0.4) is 0 Å². The molecule has 0 bridgehead atoms. The number of rotatable bonds is 4. The molecule has 5 nitrogen and oxygen atoms in total. The van der Waals surface area contributed by atoms with Crippen molar-refractivity contribution in [3.8, 4) is 0 Å². The van der Waals surface area contributed by atoms with Crippen molar-refractivity contribution in [2.45, 2.75) is 19.8 Å². The molecule has 1 aromatic rings. The van der Waals surface area contributed by atoms with Gasteiger partial charge in [-0.1, -0.05) is 13.3 Å². The molecule has 5 heteroatoms. The third-order valence-corrected chi connectivity index (χ3v) is 1.25. The van der Waals surface area contributed by atoms with E-state index >= 15 is 0 Å². The number of nitrogens with two attached hydrogens (primary N) is 1. The zero-order chi connectivity index (χ0) is 8.10. The normalized spacial score (nSPS) is 9.91. The summed E-state index contributed by atoms with van der Waals surface area (Å²) in [5.74, 6) is 0.170. The van der Waals surface area contributed by atoms with Crippen molar-refractivity contribution in [1.82, 2.24) is 10.1 Å². The van der Waals surface area contributed by atoms with Gasteiger partial charge in [0.15, 0.2) is 0 Å². The van der Waals surface area contributed by atoms with E-state index in [9.17, 15) is 0 Å². The molecule has 11 heavy (non-hydrogen) atoms. The van der Waals surface area contributed by atoms with Crippen molar-refractivity contribution in [1.29, 1.82) is 0 Å². The van der Waals surface area contributed by atoms with Crippen LogP contribution < -0.4 is 11.1 Å². The monoisotopic (exact) mass is 156 g/mol. The average molecular weight is 156 g/mol. The van der Waals surface area contributed by atoms with E-state index < -0.39 is 0 Å². The van der Waals surface area contributed by atoms with Gasteiger partial charge >= 0.3 is 6.01 Å². The van der Waals surface area contributed by atoms with Crippen LogP contribution in [0.4, 0.5) is 12.0 Å². The fraction of sp³-hybridized carbons (Fsp3) is 0.667. The van der Waals surface area contributed by atoms with Crippen molar-refractivity contribution in [2.75, 3.05) is 17.6 Å². The fourth-order valence-electron chi connectivity index (χ4n) is 0.679. The van der Waals surface area contributed by atoms with Crippen LogP contribution in [0.2, 0.25) is 0 Å². The molecule has 0 aliphatic heterocycles. The van der Waals surface area contributed by atoms with Crippen LogP contribution in [-0.2, 0) is 0 Å². The van der Waals surface area contributed by atoms with E-state index in [-0.39, 0.29) is 5.95 Å². The first-order valence-electron chi connectivity index (χ1n) is 3.66. The number of hydrogen-bond acceptors (Lipinski definition) is 5. The maximum Gasteiger partial charge on any atom is 0.323 e. The molecule has 1 aromatic heterocycles. The van der Waals surface area contributed by atoms with E-state index in [2.05, 4.69) is 22.4 Å². The lowest BCUT2D eigenvalue weighted by Crippen LogP contribution is -2.00. The van der Waals surface area contributed by atoms with Crippen LogP contribution in [0.25, 0.3) is 0 Å². The molecule has 0 saturated heterocycles. The SMILES string of the molecule is CCCCNc1nc(N)no1. The molecule has 0 atom stereocenters. The van der Waals surface area contributed by atoms with Gasteiger partial charge in [0.2, 0.25) is 0 Å². The molecule has 1 rings (SSSR count).